The molecule has 0 spiro atoms. The minimum Gasteiger partial charge on any atom is -0.492 e. The number of benzene rings is 2. The van der Waals surface area contributed by atoms with Crippen molar-refractivity contribution in [3.8, 4) is 5.75 Å². The predicted molar refractivity (Wildman–Crippen MR) is 112 cm³/mol. The van der Waals surface area contributed by atoms with Crippen molar-refractivity contribution in [3.05, 3.63) is 65.7 Å². The lowest BCUT2D eigenvalue weighted by atomic mass is 10.1. The lowest BCUT2D eigenvalue weighted by molar-refractivity contribution is -0.132. The van der Waals surface area contributed by atoms with E-state index in [0.29, 0.717) is 13.0 Å². The maximum absolute atomic E-state index is 12.5. The van der Waals surface area contributed by atoms with Gasteiger partial charge in [-0.3, -0.25) is 9.69 Å². The van der Waals surface area contributed by atoms with Gasteiger partial charge in [0.15, 0.2) is 0 Å². The number of amides is 1. The van der Waals surface area contributed by atoms with E-state index in [4.69, 9.17) is 4.74 Å². The molecule has 0 aromatic heterocycles. The summed E-state index contributed by atoms with van der Waals surface area (Å²) in [4.78, 5) is 19.0. The summed E-state index contributed by atoms with van der Waals surface area (Å²) in [6.07, 6.45) is 0.493. The van der Waals surface area contributed by atoms with Gasteiger partial charge in [-0.1, -0.05) is 42.5 Å². The van der Waals surface area contributed by atoms with Crippen LogP contribution in [-0.2, 0) is 17.8 Å². The SMILES string of the molecule is CN(C)CCOc1cccc(CN2CCN(C(=O)Cc3ccccc3)CC2)c1. The molecule has 1 aliphatic rings. The van der Waals surface area contributed by atoms with Crippen molar-refractivity contribution in [2.24, 2.45) is 0 Å². The van der Waals surface area contributed by atoms with Gasteiger partial charge in [0.25, 0.3) is 0 Å². The topological polar surface area (TPSA) is 36.0 Å². The summed E-state index contributed by atoms with van der Waals surface area (Å²) in [7, 11) is 4.09. The third-order valence-corrected chi connectivity index (χ3v) is 5.04. The van der Waals surface area contributed by atoms with E-state index in [2.05, 4.69) is 28.0 Å². The lowest BCUT2D eigenvalue weighted by Crippen LogP contribution is -2.48. The molecule has 1 heterocycles. The van der Waals surface area contributed by atoms with Crippen LogP contribution in [0.3, 0.4) is 0 Å². The van der Waals surface area contributed by atoms with Crippen LogP contribution in [0.2, 0.25) is 0 Å². The van der Waals surface area contributed by atoms with E-state index in [1.807, 2.05) is 55.4 Å². The first-order chi connectivity index (χ1) is 13.6. The zero-order valence-electron chi connectivity index (χ0n) is 17.0. The van der Waals surface area contributed by atoms with Gasteiger partial charge in [-0.25, -0.2) is 0 Å². The molecule has 150 valence electrons. The highest BCUT2D eigenvalue weighted by atomic mass is 16.5. The molecule has 0 radical (unpaired) electrons. The Labute approximate surface area is 168 Å². The van der Waals surface area contributed by atoms with Crippen LogP contribution < -0.4 is 4.74 Å². The summed E-state index contributed by atoms with van der Waals surface area (Å²) in [5.41, 5.74) is 2.34. The number of rotatable bonds is 8. The number of carbonyl (C=O) groups excluding carboxylic acids is 1. The fraction of sp³-hybridized carbons (Fsp3) is 0.435. The van der Waals surface area contributed by atoms with Crippen LogP contribution in [0.15, 0.2) is 54.6 Å². The summed E-state index contributed by atoms with van der Waals surface area (Å²) in [5, 5.41) is 0. The van der Waals surface area contributed by atoms with Crippen molar-refractivity contribution in [1.29, 1.82) is 0 Å². The molecule has 1 fully saturated rings. The quantitative estimate of drug-likeness (QED) is 0.704. The molecule has 0 saturated carbocycles. The molecule has 0 atom stereocenters. The van der Waals surface area contributed by atoms with Gasteiger partial charge in [0.05, 0.1) is 6.42 Å². The molecule has 3 rings (SSSR count). The van der Waals surface area contributed by atoms with E-state index >= 15 is 0 Å². The highest BCUT2D eigenvalue weighted by molar-refractivity contribution is 5.78. The van der Waals surface area contributed by atoms with Crippen LogP contribution in [0.25, 0.3) is 0 Å². The third-order valence-electron chi connectivity index (χ3n) is 5.04. The van der Waals surface area contributed by atoms with Crippen molar-refractivity contribution in [1.82, 2.24) is 14.7 Å². The van der Waals surface area contributed by atoms with Crippen LogP contribution in [0, 0.1) is 0 Å². The molecule has 2 aromatic rings. The average Bonchev–Trinajstić information content (AvgIpc) is 2.69. The fourth-order valence-corrected chi connectivity index (χ4v) is 3.38. The van der Waals surface area contributed by atoms with E-state index in [-0.39, 0.29) is 5.91 Å². The number of ether oxygens (including phenoxy) is 1. The number of carbonyl (C=O) groups is 1. The van der Waals surface area contributed by atoms with Crippen molar-refractivity contribution in [2.75, 3.05) is 53.4 Å². The monoisotopic (exact) mass is 381 g/mol. The van der Waals surface area contributed by atoms with Gasteiger partial charge in [0.1, 0.15) is 12.4 Å². The molecule has 5 heteroatoms. The molecule has 0 bridgehead atoms. The average molecular weight is 382 g/mol. The Bertz CT molecular complexity index is 741. The molecular formula is C23H31N3O2. The number of likely N-dealkylation sites (N-methyl/N-ethyl adjacent to an activating group) is 1. The Morgan fingerprint density at radius 3 is 2.39 bits per heavy atom. The first kappa shape index (κ1) is 20.4. The second-order valence-electron chi connectivity index (χ2n) is 7.62. The molecule has 5 nitrogen and oxygen atoms in total. The Balaban J connectivity index is 1.44. The van der Waals surface area contributed by atoms with Gasteiger partial charge in [0.2, 0.25) is 5.91 Å². The van der Waals surface area contributed by atoms with Crippen LogP contribution in [-0.4, -0.2) is 74.0 Å². The van der Waals surface area contributed by atoms with E-state index in [1.54, 1.807) is 0 Å². The highest BCUT2D eigenvalue weighted by Crippen LogP contribution is 2.16. The van der Waals surface area contributed by atoms with Crippen LogP contribution in [0.4, 0.5) is 0 Å². The second-order valence-corrected chi connectivity index (χ2v) is 7.62. The molecule has 0 aliphatic carbocycles. The number of hydrogen-bond acceptors (Lipinski definition) is 4. The molecule has 1 aliphatic heterocycles. The number of nitrogens with zero attached hydrogens (tertiary/aromatic N) is 3. The van der Waals surface area contributed by atoms with Gasteiger partial charge in [-0.2, -0.15) is 0 Å². The van der Waals surface area contributed by atoms with E-state index in [0.717, 1.165) is 50.6 Å². The zero-order valence-corrected chi connectivity index (χ0v) is 17.0. The normalized spacial score (nSPS) is 15.0. The summed E-state index contributed by atoms with van der Waals surface area (Å²) >= 11 is 0. The Hall–Kier alpha value is -2.37. The lowest BCUT2D eigenvalue weighted by Gasteiger charge is -2.35. The summed E-state index contributed by atoms with van der Waals surface area (Å²) < 4.78 is 5.84. The summed E-state index contributed by atoms with van der Waals surface area (Å²) in [6.45, 7) is 5.90. The molecule has 0 unspecified atom stereocenters. The van der Waals surface area contributed by atoms with Gasteiger partial charge < -0.3 is 14.5 Å². The molecule has 28 heavy (non-hydrogen) atoms. The Kier molecular flexibility index (Phi) is 7.46. The first-order valence-corrected chi connectivity index (χ1v) is 10.0. The van der Waals surface area contributed by atoms with Crippen LogP contribution in [0.1, 0.15) is 11.1 Å². The van der Waals surface area contributed by atoms with Crippen molar-refractivity contribution in [2.45, 2.75) is 13.0 Å². The van der Waals surface area contributed by atoms with Gasteiger partial charge in [0, 0.05) is 39.3 Å². The van der Waals surface area contributed by atoms with Crippen LogP contribution >= 0.6 is 0 Å². The summed E-state index contributed by atoms with van der Waals surface area (Å²) in [5.74, 6) is 1.15. The highest BCUT2D eigenvalue weighted by Gasteiger charge is 2.21. The van der Waals surface area contributed by atoms with Gasteiger partial charge >= 0.3 is 0 Å². The van der Waals surface area contributed by atoms with Gasteiger partial charge in [-0.15, -0.1) is 0 Å². The summed E-state index contributed by atoms with van der Waals surface area (Å²) in [6, 6.07) is 18.3. The molecule has 1 amide bonds. The van der Waals surface area contributed by atoms with Crippen molar-refractivity contribution < 1.29 is 9.53 Å². The van der Waals surface area contributed by atoms with E-state index in [9.17, 15) is 4.79 Å². The second kappa shape index (κ2) is 10.2. The van der Waals surface area contributed by atoms with Crippen LogP contribution in [0.5, 0.6) is 5.75 Å². The minimum absolute atomic E-state index is 0.224. The number of piperazine rings is 1. The first-order valence-electron chi connectivity index (χ1n) is 10.0. The minimum atomic E-state index is 0.224. The fourth-order valence-electron chi connectivity index (χ4n) is 3.38. The smallest absolute Gasteiger partial charge is 0.227 e. The Morgan fingerprint density at radius 2 is 1.68 bits per heavy atom. The number of hydrogen-bond donors (Lipinski definition) is 0. The molecular weight excluding hydrogens is 350 g/mol. The molecule has 0 N–H and O–H groups in total. The largest absolute Gasteiger partial charge is 0.492 e. The third kappa shape index (κ3) is 6.36. The zero-order chi connectivity index (χ0) is 19.8. The van der Waals surface area contributed by atoms with Crippen molar-refractivity contribution >= 4 is 5.91 Å². The predicted octanol–water partition coefficient (Wildman–Crippen LogP) is 2.51. The van der Waals surface area contributed by atoms with Gasteiger partial charge in [-0.05, 0) is 37.4 Å². The molecule has 2 aromatic carbocycles. The van der Waals surface area contributed by atoms with E-state index < -0.39 is 0 Å². The van der Waals surface area contributed by atoms with E-state index in [1.165, 1.54) is 5.56 Å². The maximum atomic E-state index is 12.5. The van der Waals surface area contributed by atoms with Crippen molar-refractivity contribution in [3.63, 3.8) is 0 Å². The standard InChI is InChI=1S/C23H31N3O2/c1-24(2)15-16-28-22-10-6-9-21(17-22)19-25-11-13-26(14-12-25)23(27)18-20-7-4-3-5-8-20/h3-10,17H,11-16,18-19H2,1-2H3. The molecule has 1 saturated heterocycles. The maximum Gasteiger partial charge on any atom is 0.227 e. The Morgan fingerprint density at radius 1 is 0.964 bits per heavy atom.